The van der Waals surface area contributed by atoms with Crippen molar-refractivity contribution in [2.75, 3.05) is 13.1 Å². The van der Waals surface area contributed by atoms with Gasteiger partial charge in [-0.25, -0.2) is 4.39 Å². The van der Waals surface area contributed by atoms with E-state index in [0.29, 0.717) is 5.41 Å². The topological polar surface area (TPSA) is 12.0 Å². The van der Waals surface area contributed by atoms with Gasteiger partial charge < -0.3 is 5.32 Å². The number of nitrogens with one attached hydrogen (secondary N) is 1. The SMILES string of the molecule is CC1(Cc2cccc(F)c2)CCNCC1. The maximum atomic E-state index is 13.0. The van der Waals surface area contributed by atoms with Crippen molar-refractivity contribution in [3.63, 3.8) is 0 Å². The molecule has 1 saturated heterocycles. The zero-order valence-corrected chi connectivity index (χ0v) is 9.22. The molecule has 0 bridgehead atoms. The van der Waals surface area contributed by atoms with Gasteiger partial charge in [-0.15, -0.1) is 0 Å². The highest BCUT2D eigenvalue weighted by atomic mass is 19.1. The Balaban J connectivity index is 2.06. The monoisotopic (exact) mass is 207 g/mol. The molecule has 0 unspecified atom stereocenters. The first-order chi connectivity index (χ1) is 7.18. The third kappa shape index (κ3) is 2.78. The molecule has 15 heavy (non-hydrogen) atoms. The number of halogens is 1. The van der Waals surface area contributed by atoms with Gasteiger partial charge >= 0.3 is 0 Å². The molecule has 1 aromatic rings. The van der Waals surface area contributed by atoms with Crippen LogP contribution in [0.15, 0.2) is 24.3 Å². The molecule has 82 valence electrons. The third-order valence-corrected chi connectivity index (χ3v) is 3.33. The Morgan fingerprint density at radius 1 is 1.33 bits per heavy atom. The van der Waals surface area contributed by atoms with Crippen molar-refractivity contribution in [3.8, 4) is 0 Å². The van der Waals surface area contributed by atoms with E-state index >= 15 is 0 Å². The predicted octanol–water partition coefficient (Wildman–Crippen LogP) is 2.76. The molecular formula is C13H18FN. The molecule has 0 spiro atoms. The maximum Gasteiger partial charge on any atom is 0.123 e. The number of hydrogen-bond donors (Lipinski definition) is 1. The van der Waals surface area contributed by atoms with Crippen LogP contribution < -0.4 is 5.32 Å². The number of benzene rings is 1. The van der Waals surface area contributed by atoms with Crippen molar-refractivity contribution < 1.29 is 4.39 Å². The summed E-state index contributed by atoms with van der Waals surface area (Å²) in [5.41, 5.74) is 1.47. The van der Waals surface area contributed by atoms with Crippen molar-refractivity contribution in [1.82, 2.24) is 5.32 Å². The second kappa shape index (κ2) is 4.31. The van der Waals surface area contributed by atoms with E-state index < -0.39 is 0 Å². The molecule has 1 aliphatic rings. The first kappa shape index (κ1) is 10.6. The van der Waals surface area contributed by atoms with Crippen molar-refractivity contribution in [1.29, 1.82) is 0 Å². The minimum atomic E-state index is -0.120. The summed E-state index contributed by atoms with van der Waals surface area (Å²) in [6, 6.07) is 6.99. The van der Waals surface area contributed by atoms with Gasteiger partial charge in [-0.05, 0) is 55.5 Å². The molecule has 2 rings (SSSR count). The predicted molar refractivity (Wildman–Crippen MR) is 60.3 cm³/mol. The fraction of sp³-hybridized carbons (Fsp3) is 0.538. The van der Waals surface area contributed by atoms with Gasteiger partial charge in [0.2, 0.25) is 0 Å². The Bertz CT molecular complexity index is 329. The van der Waals surface area contributed by atoms with Crippen LogP contribution in [0.2, 0.25) is 0 Å². The minimum absolute atomic E-state index is 0.120. The second-order valence-electron chi connectivity index (χ2n) is 4.87. The average Bonchev–Trinajstić information content (AvgIpc) is 2.18. The summed E-state index contributed by atoms with van der Waals surface area (Å²) in [5, 5.41) is 3.36. The highest BCUT2D eigenvalue weighted by molar-refractivity contribution is 5.18. The van der Waals surface area contributed by atoms with E-state index in [-0.39, 0.29) is 5.82 Å². The lowest BCUT2D eigenvalue weighted by molar-refractivity contribution is 0.228. The summed E-state index contributed by atoms with van der Waals surface area (Å²) < 4.78 is 13.0. The zero-order valence-electron chi connectivity index (χ0n) is 9.22. The first-order valence-electron chi connectivity index (χ1n) is 5.63. The fourth-order valence-electron chi connectivity index (χ4n) is 2.35. The van der Waals surface area contributed by atoms with Crippen molar-refractivity contribution in [2.24, 2.45) is 5.41 Å². The molecule has 1 fully saturated rings. The van der Waals surface area contributed by atoms with Crippen LogP contribution in [0.3, 0.4) is 0 Å². The lowest BCUT2D eigenvalue weighted by Crippen LogP contribution is -2.36. The molecule has 0 atom stereocenters. The molecule has 0 radical (unpaired) electrons. The summed E-state index contributed by atoms with van der Waals surface area (Å²) in [4.78, 5) is 0. The molecular weight excluding hydrogens is 189 g/mol. The van der Waals surface area contributed by atoms with Gasteiger partial charge in [0, 0.05) is 0 Å². The minimum Gasteiger partial charge on any atom is -0.317 e. The standard InChI is InChI=1S/C13H18FN/c1-13(5-7-15-8-6-13)10-11-3-2-4-12(14)9-11/h2-4,9,15H,5-8,10H2,1H3. The van der Waals surface area contributed by atoms with E-state index in [1.54, 1.807) is 12.1 Å². The number of rotatable bonds is 2. The fourth-order valence-corrected chi connectivity index (χ4v) is 2.35. The highest BCUT2D eigenvalue weighted by Crippen LogP contribution is 2.32. The van der Waals surface area contributed by atoms with Crippen molar-refractivity contribution >= 4 is 0 Å². The van der Waals surface area contributed by atoms with Gasteiger partial charge in [0.05, 0.1) is 0 Å². The van der Waals surface area contributed by atoms with E-state index in [4.69, 9.17) is 0 Å². The molecule has 2 heteroatoms. The van der Waals surface area contributed by atoms with Gasteiger partial charge in [-0.2, -0.15) is 0 Å². The van der Waals surface area contributed by atoms with Gasteiger partial charge in [0.25, 0.3) is 0 Å². The molecule has 1 aliphatic heterocycles. The molecule has 0 aromatic heterocycles. The van der Waals surface area contributed by atoms with Crippen LogP contribution in [-0.2, 0) is 6.42 Å². The van der Waals surface area contributed by atoms with E-state index in [9.17, 15) is 4.39 Å². The molecule has 1 N–H and O–H groups in total. The summed E-state index contributed by atoms with van der Waals surface area (Å²) >= 11 is 0. The van der Waals surface area contributed by atoms with Crippen LogP contribution in [0.5, 0.6) is 0 Å². The quantitative estimate of drug-likeness (QED) is 0.786. The Morgan fingerprint density at radius 3 is 2.73 bits per heavy atom. The lowest BCUT2D eigenvalue weighted by atomic mass is 9.76. The average molecular weight is 207 g/mol. The van der Waals surface area contributed by atoms with Crippen LogP contribution in [0.4, 0.5) is 4.39 Å². The Hall–Kier alpha value is -0.890. The maximum absolute atomic E-state index is 13.0. The summed E-state index contributed by atoms with van der Waals surface area (Å²) in [6.45, 7) is 4.48. The van der Waals surface area contributed by atoms with Crippen LogP contribution in [0.25, 0.3) is 0 Å². The van der Waals surface area contributed by atoms with Gasteiger partial charge in [-0.1, -0.05) is 19.1 Å². The molecule has 0 aliphatic carbocycles. The van der Waals surface area contributed by atoms with Gasteiger partial charge in [0.1, 0.15) is 5.82 Å². The Kier molecular flexibility index (Phi) is 3.06. The van der Waals surface area contributed by atoms with Gasteiger partial charge in [-0.3, -0.25) is 0 Å². The van der Waals surface area contributed by atoms with E-state index in [1.165, 1.54) is 18.9 Å². The Labute approximate surface area is 90.7 Å². The van der Waals surface area contributed by atoms with Crippen LogP contribution in [-0.4, -0.2) is 13.1 Å². The second-order valence-corrected chi connectivity index (χ2v) is 4.87. The summed E-state index contributed by atoms with van der Waals surface area (Å²) in [5.74, 6) is -0.120. The third-order valence-electron chi connectivity index (χ3n) is 3.33. The molecule has 0 saturated carbocycles. The summed E-state index contributed by atoms with van der Waals surface area (Å²) in [6.07, 6.45) is 3.36. The highest BCUT2D eigenvalue weighted by Gasteiger charge is 2.26. The molecule has 1 nitrogen and oxygen atoms in total. The first-order valence-corrected chi connectivity index (χ1v) is 5.63. The lowest BCUT2D eigenvalue weighted by Gasteiger charge is -2.34. The van der Waals surface area contributed by atoms with Crippen LogP contribution in [0.1, 0.15) is 25.3 Å². The van der Waals surface area contributed by atoms with Gasteiger partial charge in [0.15, 0.2) is 0 Å². The Morgan fingerprint density at radius 2 is 2.07 bits per heavy atom. The number of hydrogen-bond acceptors (Lipinski definition) is 1. The molecule has 0 amide bonds. The van der Waals surface area contributed by atoms with Crippen molar-refractivity contribution in [2.45, 2.75) is 26.2 Å². The zero-order chi connectivity index (χ0) is 10.7. The van der Waals surface area contributed by atoms with Crippen LogP contribution >= 0.6 is 0 Å². The van der Waals surface area contributed by atoms with Crippen LogP contribution in [0, 0.1) is 11.2 Å². The molecule has 1 aromatic carbocycles. The molecule has 1 heterocycles. The largest absolute Gasteiger partial charge is 0.317 e. The van der Waals surface area contributed by atoms with E-state index in [1.807, 2.05) is 6.07 Å². The smallest absolute Gasteiger partial charge is 0.123 e. The normalized spacial score (nSPS) is 20.1. The van der Waals surface area contributed by atoms with E-state index in [2.05, 4.69) is 12.2 Å². The van der Waals surface area contributed by atoms with Crippen molar-refractivity contribution in [3.05, 3.63) is 35.6 Å². The summed E-state index contributed by atoms with van der Waals surface area (Å²) in [7, 11) is 0. The van der Waals surface area contributed by atoms with E-state index in [0.717, 1.165) is 25.1 Å². The number of piperidine rings is 1.